The molecule has 0 heteroatoms. The van der Waals surface area contributed by atoms with E-state index in [4.69, 9.17) is 8.22 Å². The van der Waals surface area contributed by atoms with E-state index in [0.717, 1.165) is 6.92 Å². The highest BCUT2D eigenvalue weighted by Crippen LogP contribution is 2.11. The normalized spacial score (nSPS) is 36.0. The van der Waals surface area contributed by atoms with Crippen LogP contribution in [0.25, 0.3) is 0 Å². The van der Waals surface area contributed by atoms with Gasteiger partial charge in [-0.2, -0.15) is 0 Å². The Bertz CT molecular complexity index is 160. The molecule has 0 nitrogen and oxygen atoms in total. The lowest BCUT2D eigenvalue weighted by molar-refractivity contribution is 0.407. The van der Waals surface area contributed by atoms with E-state index in [1.807, 2.05) is 0 Å². The van der Waals surface area contributed by atoms with E-state index >= 15 is 0 Å². The van der Waals surface area contributed by atoms with Crippen molar-refractivity contribution in [3.63, 3.8) is 0 Å². The highest BCUT2D eigenvalue weighted by atomic mass is 14.1. The number of hydrogen-bond donors (Lipinski definition) is 0. The molecule has 0 unspecified atom stereocenters. The Hall–Kier alpha value is 0. The third kappa shape index (κ3) is 2.67. The van der Waals surface area contributed by atoms with Gasteiger partial charge >= 0.3 is 0 Å². The van der Waals surface area contributed by atoms with Crippen LogP contribution in [0.5, 0.6) is 0 Å². The van der Waals surface area contributed by atoms with Gasteiger partial charge in [0, 0.05) is 8.22 Å². The van der Waals surface area contributed by atoms with Gasteiger partial charge in [0.05, 0.1) is 0 Å². The van der Waals surface area contributed by atoms with Gasteiger partial charge in [-0.05, 0) is 11.8 Å². The van der Waals surface area contributed by atoms with Crippen LogP contribution in [-0.2, 0) is 0 Å². The molecule has 0 aromatic carbocycles. The Kier molecular flexibility index (Phi) is 0.765. The molecule has 0 saturated heterocycles. The predicted octanol–water partition coefficient (Wildman–Crippen LogP) is 2.69. The van der Waals surface area contributed by atoms with Crippen molar-refractivity contribution in [1.82, 2.24) is 0 Å². The van der Waals surface area contributed by atoms with E-state index in [0.29, 0.717) is 0 Å². The molecule has 0 heterocycles. The van der Waals surface area contributed by atoms with Crippen LogP contribution in [0.2, 0.25) is 0 Å². The van der Waals surface area contributed by atoms with E-state index in [-0.39, 0.29) is 0 Å². The fourth-order valence-corrected chi connectivity index (χ4v) is 0.289. The maximum Gasteiger partial charge on any atom is 0.0302 e. The summed E-state index contributed by atoms with van der Waals surface area (Å²) in [6.45, 7) is 1.66. The Labute approximate surface area is 55.4 Å². The second-order valence-electron chi connectivity index (χ2n) is 1.82. The van der Waals surface area contributed by atoms with Gasteiger partial charge in [-0.25, -0.2) is 0 Å². The molecule has 0 radical (unpaired) electrons. The molecule has 0 aliphatic rings. The molecule has 0 rings (SSSR count). The minimum absolute atomic E-state index is 0.556. The van der Waals surface area contributed by atoms with E-state index in [1.54, 1.807) is 13.8 Å². The molecule has 0 bridgehead atoms. The van der Waals surface area contributed by atoms with Gasteiger partial charge in [0.25, 0.3) is 0 Å². The lowest BCUT2D eigenvalue weighted by Crippen LogP contribution is -2.00. The molecular weight excluding hydrogens is 84.1 g/mol. The van der Waals surface area contributed by atoms with E-state index in [9.17, 15) is 0 Å². The Morgan fingerprint density at radius 3 is 2.43 bits per heavy atom. The fourth-order valence-electron chi connectivity index (χ4n) is 0.289. The maximum absolute atomic E-state index is 7.74. The average Bonchev–Trinajstić information content (AvgIpc) is 1.80. The quantitative estimate of drug-likeness (QED) is 0.507. The molecule has 7 heavy (non-hydrogen) atoms. The first-order valence-corrected chi connectivity index (χ1v) is 2.44. The standard InChI is InChI=1S/C7H16/c1-5-7(4)6(2)3/h6-7H,5H2,1-4H3/t7-/m1/s1/i4D3,5D2,7D. The second-order valence-corrected chi connectivity index (χ2v) is 1.82. The predicted molar refractivity (Wildman–Crippen MR) is 34.3 cm³/mol. The van der Waals surface area contributed by atoms with Gasteiger partial charge in [-0.3, -0.25) is 0 Å². The Morgan fingerprint density at radius 2 is 2.43 bits per heavy atom. The summed E-state index contributed by atoms with van der Waals surface area (Å²) in [5.74, 6) is -2.60. The third-order valence-electron chi connectivity index (χ3n) is 0.847. The van der Waals surface area contributed by atoms with Crippen molar-refractivity contribution in [2.24, 2.45) is 11.8 Å². The van der Waals surface area contributed by atoms with Crippen molar-refractivity contribution < 1.29 is 8.22 Å². The summed E-state index contributed by atoms with van der Waals surface area (Å²) in [6.07, 6.45) is -2.04. The third-order valence-corrected chi connectivity index (χ3v) is 0.847. The van der Waals surface area contributed by atoms with Crippen LogP contribution < -0.4 is 0 Å². The highest BCUT2D eigenvalue weighted by molar-refractivity contribution is 4.52. The summed E-state index contributed by atoms with van der Waals surface area (Å²) < 4.78 is 44.1. The van der Waals surface area contributed by atoms with Gasteiger partial charge in [-0.1, -0.05) is 34.0 Å². The molecule has 0 aliphatic carbocycles. The summed E-state index contributed by atoms with van der Waals surface area (Å²) in [5, 5.41) is 0. The molecule has 1 atom stereocenters. The van der Waals surface area contributed by atoms with Crippen LogP contribution in [0.3, 0.4) is 0 Å². The van der Waals surface area contributed by atoms with Crippen molar-refractivity contribution >= 4 is 0 Å². The van der Waals surface area contributed by atoms with Crippen molar-refractivity contribution in [3.8, 4) is 0 Å². The molecular formula is C7H16. The van der Waals surface area contributed by atoms with Crippen molar-refractivity contribution in [2.45, 2.75) is 34.0 Å². The van der Waals surface area contributed by atoms with E-state index in [2.05, 4.69) is 0 Å². The van der Waals surface area contributed by atoms with Crippen LogP contribution >= 0.6 is 0 Å². The molecule has 0 aromatic heterocycles. The average molecular weight is 106 g/mol. The van der Waals surface area contributed by atoms with Crippen LogP contribution in [0, 0.1) is 11.8 Å². The molecule has 0 amide bonds. The lowest BCUT2D eigenvalue weighted by Gasteiger charge is -2.10. The first kappa shape index (κ1) is 1.75. The largest absolute Gasteiger partial charge is 0.0651 e. The maximum atomic E-state index is 7.74. The second kappa shape index (κ2) is 3.06. The molecule has 0 saturated carbocycles. The SMILES string of the molecule is [2H]C([2H])([2H])[C@@]([2H])(C(C)C)C([2H])([2H])C. The lowest BCUT2D eigenvalue weighted by atomic mass is 9.96. The molecule has 0 spiro atoms. The summed E-state index contributed by atoms with van der Waals surface area (Å²) in [5.41, 5.74) is 0. The topological polar surface area (TPSA) is 0 Å². The van der Waals surface area contributed by atoms with E-state index in [1.165, 1.54) is 0 Å². The van der Waals surface area contributed by atoms with Crippen molar-refractivity contribution in [2.75, 3.05) is 0 Å². The van der Waals surface area contributed by atoms with Gasteiger partial charge in [0.1, 0.15) is 0 Å². The molecule has 0 N–H and O–H groups in total. The van der Waals surface area contributed by atoms with Crippen LogP contribution in [0.1, 0.15) is 42.2 Å². The van der Waals surface area contributed by atoms with Gasteiger partial charge in [0.2, 0.25) is 0 Å². The van der Waals surface area contributed by atoms with Gasteiger partial charge in [0.15, 0.2) is 0 Å². The zero-order chi connectivity index (χ0) is 11.1. The monoisotopic (exact) mass is 106 g/mol. The van der Waals surface area contributed by atoms with E-state index < -0.39 is 25.0 Å². The zero-order valence-corrected chi connectivity index (χ0v) is 5.08. The van der Waals surface area contributed by atoms with Crippen LogP contribution in [-0.4, -0.2) is 0 Å². The highest BCUT2D eigenvalue weighted by Gasteiger charge is 2.01. The summed E-state index contributed by atoms with van der Waals surface area (Å²) in [4.78, 5) is 0. The fraction of sp³-hybridized carbons (Fsp3) is 1.00. The minimum atomic E-state index is -2.60. The summed E-state index contributed by atoms with van der Waals surface area (Å²) >= 11 is 0. The molecule has 44 valence electrons. The minimum Gasteiger partial charge on any atom is -0.0651 e. The first-order chi connectivity index (χ1) is 5.44. The molecule has 0 aromatic rings. The van der Waals surface area contributed by atoms with Crippen molar-refractivity contribution in [1.29, 1.82) is 0 Å². The van der Waals surface area contributed by atoms with Gasteiger partial charge < -0.3 is 0 Å². The Balaban J connectivity index is 5.22. The van der Waals surface area contributed by atoms with Gasteiger partial charge in [-0.15, -0.1) is 0 Å². The number of rotatable bonds is 2. The first-order valence-electron chi connectivity index (χ1n) is 5.44. The molecule has 0 fully saturated rings. The van der Waals surface area contributed by atoms with Crippen LogP contribution in [0.4, 0.5) is 0 Å². The molecule has 0 aliphatic heterocycles. The summed E-state index contributed by atoms with van der Waals surface area (Å²) in [6, 6.07) is 0. The van der Waals surface area contributed by atoms with Crippen LogP contribution in [0.15, 0.2) is 0 Å². The van der Waals surface area contributed by atoms with Crippen molar-refractivity contribution in [3.05, 3.63) is 0 Å². The summed E-state index contributed by atoms with van der Waals surface area (Å²) in [7, 11) is 0. The number of hydrogen-bond acceptors (Lipinski definition) is 0. The Morgan fingerprint density at radius 1 is 1.86 bits per heavy atom. The zero-order valence-electron chi connectivity index (χ0n) is 11.1. The smallest absolute Gasteiger partial charge is 0.0302 e.